The number of hydrogen-bond acceptors (Lipinski definition) is 3. The average molecular weight is 376 g/mol. The van der Waals surface area contributed by atoms with Crippen LogP contribution in [-0.2, 0) is 0 Å². The number of imidazole rings is 1. The molecule has 144 valence electrons. The molecule has 0 spiro atoms. The summed E-state index contributed by atoms with van der Waals surface area (Å²) in [6.07, 6.45) is 3.90. The van der Waals surface area contributed by atoms with Gasteiger partial charge in [-0.25, -0.2) is 4.98 Å². The van der Waals surface area contributed by atoms with Gasteiger partial charge in [0.25, 0.3) is 11.8 Å². The van der Waals surface area contributed by atoms with Crippen LogP contribution in [0.4, 0.5) is 5.69 Å². The van der Waals surface area contributed by atoms with Gasteiger partial charge in [0.1, 0.15) is 0 Å². The fourth-order valence-corrected chi connectivity index (χ4v) is 3.79. The largest absolute Gasteiger partial charge is 0.337 e. The van der Waals surface area contributed by atoms with Gasteiger partial charge in [-0.1, -0.05) is 25.1 Å². The molecule has 4 rings (SSSR count). The van der Waals surface area contributed by atoms with Crippen LogP contribution < -0.4 is 5.32 Å². The van der Waals surface area contributed by atoms with Crippen molar-refractivity contribution in [3.05, 3.63) is 65.7 Å². The molecule has 1 atom stereocenters. The Labute approximate surface area is 164 Å². The smallest absolute Gasteiger partial charge is 0.292 e. The number of carbonyl (C=O) groups is 2. The summed E-state index contributed by atoms with van der Waals surface area (Å²) in [5.41, 5.74) is 2.75. The molecule has 6 heteroatoms. The Hall–Kier alpha value is -3.15. The maximum absolute atomic E-state index is 13.1. The summed E-state index contributed by atoms with van der Waals surface area (Å²) >= 11 is 0. The van der Waals surface area contributed by atoms with Gasteiger partial charge in [-0.05, 0) is 55.5 Å². The molecular weight excluding hydrogens is 352 g/mol. The molecule has 3 aromatic rings. The standard InChI is InChI=1S/C22H24N4O2/c1-15-7-5-9-17(13-15)23-21(27)20-24-19(18-10-3-4-12-26(18)20)22(28)25-11-6-8-16(2)14-25/h3-5,7,9-10,12-13,16H,6,8,11,14H2,1-2H3,(H,23,27). The topological polar surface area (TPSA) is 66.7 Å². The summed E-state index contributed by atoms with van der Waals surface area (Å²) in [6.45, 7) is 5.59. The number of amides is 2. The molecule has 6 nitrogen and oxygen atoms in total. The fraction of sp³-hybridized carbons (Fsp3) is 0.318. The van der Waals surface area contributed by atoms with Crippen LogP contribution in [0.15, 0.2) is 48.7 Å². The molecule has 2 amide bonds. The van der Waals surface area contributed by atoms with E-state index in [2.05, 4.69) is 17.2 Å². The van der Waals surface area contributed by atoms with Crippen molar-refractivity contribution in [2.24, 2.45) is 5.92 Å². The molecule has 1 saturated heterocycles. The summed E-state index contributed by atoms with van der Waals surface area (Å²) in [7, 11) is 0. The van der Waals surface area contributed by atoms with Crippen molar-refractivity contribution >= 4 is 23.0 Å². The number of fused-ring (bicyclic) bond motifs is 1. The van der Waals surface area contributed by atoms with Crippen molar-refractivity contribution < 1.29 is 9.59 Å². The number of rotatable bonds is 3. The van der Waals surface area contributed by atoms with Gasteiger partial charge < -0.3 is 10.2 Å². The Morgan fingerprint density at radius 2 is 2.04 bits per heavy atom. The molecule has 1 unspecified atom stereocenters. The summed E-state index contributed by atoms with van der Waals surface area (Å²) in [4.78, 5) is 32.3. The first kappa shape index (κ1) is 18.2. The molecule has 1 aliphatic heterocycles. The maximum Gasteiger partial charge on any atom is 0.292 e. The number of benzene rings is 1. The number of carbonyl (C=O) groups excluding carboxylic acids is 2. The molecule has 1 N–H and O–H groups in total. The summed E-state index contributed by atoms with van der Waals surface area (Å²) in [6, 6.07) is 13.1. The van der Waals surface area contributed by atoms with Gasteiger partial charge in [0.15, 0.2) is 5.69 Å². The molecule has 0 saturated carbocycles. The number of pyridine rings is 1. The van der Waals surface area contributed by atoms with Gasteiger partial charge in [-0.15, -0.1) is 0 Å². The lowest BCUT2D eigenvalue weighted by molar-refractivity contribution is 0.0679. The van der Waals surface area contributed by atoms with E-state index >= 15 is 0 Å². The normalized spacial score (nSPS) is 16.9. The Balaban J connectivity index is 1.68. The minimum absolute atomic E-state index is 0.107. The summed E-state index contributed by atoms with van der Waals surface area (Å²) in [5, 5.41) is 2.88. The maximum atomic E-state index is 13.1. The first-order valence-corrected chi connectivity index (χ1v) is 9.67. The predicted molar refractivity (Wildman–Crippen MR) is 109 cm³/mol. The highest BCUT2D eigenvalue weighted by Crippen LogP contribution is 2.21. The van der Waals surface area contributed by atoms with E-state index in [9.17, 15) is 9.59 Å². The minimum Gasteiger partial charge on any atom is -0.337 e. The number of nitrogens with zero attached hydrogens (tertiary/aromatic N) is 3. The Kier molecular flexibility index (Phi) is 4.86. The van der Waals surface area contributed by atoms with Crippen molar-refractivity contribution in [3.63, 3.8) is 0 Å². The molecule has 0 aliphatic carbocycles. The summed E-state index contributed by atoms with van der Waals surface area (Å²) < 4.78 is 1.69. The zero-order chi connectivity index (χ0) is 19.7. The zero-order valence-electron chi connectivity index (χ0n) is 16.2. The second-order valence-electron chi connectivity index (χ2n) is 7.56. The number of hydrogen-bond donors (Lipinski definition) is 1. The van der Waals surface area contributed by atoms with Crippen LogP contribution in [0.5, 0.6) is 0 Å². The highest BCUT2D eigenvalue weighted by Gasteiger charge is 2.27. The summed E-state index contributed by atoms with van der Waals surface area (Å²) in [5.74, 6) is 0.254. The monoisotopic (exact) mass is 376 g/mol. The van der Waals surface area contributed by atoms with Crippen molar-refractivity contribution in [2.45, 2.75) is 26.7 Å². The quantitative estimate of drug-likeness (QED) is 0.757. The Morgan fingerprint density at radius 1 is 1.18 bits per heavy atom. The number of piperidine rings is 1. The second-order valence-corrected chi connectivity index (χ2v) is 7.56. The van der Waals surface area contributed by atoms with Gasteiger partial charge in [0.2, 0.25) is 5.82 Å². The van der Waals surface area contributed by atoms with E-state index in [0.717, 1.165) is 31.5 Å². The predicted octanol–water partition coefficient (Wildman–Crippen LogP) is 3.77. The SMILES string of the molecule is Cc1cccc(NC(=O)c2nc(C(=O)N3CCCC(C)C3)c3ccccn23)c1. The number of aromatic nitrogens is 2. The van der Waals surface area contributed by atoms with Gasteiger partial charge in [0.05, 0.1) is 5.52 Å². The average Bonchev–Trinajstić information content (AvgIpc) is 3.07. The third-order valence-corrected chi connectivity index (χ3v) is 5.17. The van der Waals surface area contributed by atoms with Gasteiger partial charge in [-0.3, -0.25) is 14.0 Å². The van der Waals surface area contributed by atoms with E-state index in [1.807, 2.05) is 54.3 Å². The third-order valence-electron chi connectivity index (χ3n) is 5.17. The van der Waals surface area contributed by atoms with E-state index in [1.165, 1.54) is 0 Å². The lowest BCUT2D eigenvalue weighted by atomic mass is 10.00. The van der Waals surface area contributed by atoms with Gasteiger partial charge in [-0.2, -0.15) is 0 Å². The van der Waals surface area contributed by atoms with Crippen molar-refractivity contribution in [3.8, 4) is 0 Å². The van der Waals surface area contributed by atoms with Crippen molar-refractivity contribution in [2.75, 3.05) is 18.4 Å². The third kappa shape index (κ3) is 3.50. The van der Waals surface area contributed by atoms with E-state index < -0.39 is 0 Å². The zero-order valence-corrected chi connectivity index (χ0v) is 16.2. The molecule has 1 fully saturated rings. The Morgan fingerprint density at radius 3 is 2.82 bits per heavy atom. The van der Waals surface area contributed by atoms with E-state index in [0.29, 0.717) is 22.8 Å². The van der Waals surface area contributed by atoms with Crippen LogP contribution in [0.1, 0.15) is 46.4 Å². The van der Waals surface area contributed by atoms with Crippen LogP contribution in [-0.4, -0.2) is 39.2 Å². The fourth-order valence-electron chi connectivity index (χ4n) is 3.79. The molecule has 3 heterocycles. The molecule has 0 bridgehead atoms. The van der Waals surface area contributed by atoms with Crippen LogP contribution >= 0.6 is 0 Å². The number of aryl methyl sites for hydroxylation is 1. The molecule has 1 aromatic carbocycles. The molecule has 1 aliphatic rings. The van der Waals surface area contributed by atoms with Crippen LogP contribution in [0.3, 0.4) is 0 Å². The highest BCUT2D eigenvalue weighted by molar-refractivity contribution is 6.06. The number of nitrogens with one attached hydrogen (secondary N) is 1. The van der Waals surface area contributed by atoms with Gasteiger partial charge in [0, 0.05) is 25.0 Å². The molecule has 0 radical (unpaired) electrons. The second kappa shape index (κ2) is 7.46. The molecular formula is C22H24N4O2. The molecule has 2 aromatic heterocycles. The lowest BCUT2D eigenvalue weighted by Crippen LogP contribution is -2.39. The first-order chi connectivity index (χ1) is 13.5. The van der Waals surface area contributed by atoms with Crippen LogP contribution in [0.2, 0.25) is 0 Å². The minimum atomic E-state index is -0.335. The van der Waals surface area contributed by atoms with E-state index in [4.69, 9.17) is 0 Å². The van der Waals surface area contributed by atoms with Crippen molar-refractivity contribution in [1.82, 2.24) is 14.3 Å². The van der Waals surface area contributed by atoms with E-state index in [1.54, 1.807) is 10.6 Å². The van der Waals surface area contributed by atoms with Gasteiger partial charge >= 0.3 is 0 Å². The van der Waals surface area contributed by atoms with E-state index in [-0.39, 0.29) is 17.6 Å². The van der Waals surface area contributed by atoms with Crippen LogP contribution in [0.25, 0.3) is 5.52 Å². The highest BCUT2D eigenvalue weighted by atomic mass is 16.2. The van der Waals surface area contributed by atoms with Crippen LogP contribution in [0, 0.1) is 12.8 Å². The Bertz CT molecular complexity index is 1040. The lowest BCUT2D eigenvalue weighted by Gasteiger charge is -2.30. The molecule has 28 heavy (non-hydrogen) atoms. The number of likely N-dealkylation sites (tertiary alicyclic amines) is 1. The number of anilines is 1. The first-order valence-electron chi connectivity index (χ1n) is 9.67. The van der Waals surface area contributed by atoms with Crippen molar-refractivity contribution in [1.29, 1.82) is 0 Å².